The Kier molecular flexibility index (Phi) is 3.69. The first kappa shape index (κ1) is 14.4. The molecule has 7 heteroatoms. The normalized spacial score (nSPS) is 26.8. The number of ether oxygens (including phenoxy) is 1. The predicted octanol–water partition coefficient (Wildman–Crippen LogP) is 2.51. The molecule has 0 radical (unpaired) electrons. The van der Waals surface area contributed by atoms with Gasteiger partial charge in [0, 0.05) is 19.1 Å². The molecule has 0 aliphatic carbocycles. The quantitative estimate of drug-likeness (QED) is 0.839. The van der Waals surface area contributed by atoms with Crippen molar-refractivity contribution < 1.29 is 17.9 Å². The fourth-order valence-corrected chi connectivity index (χ4v) is 3.39. The number of hydrogen-bond donors (Lipinski definition) is 0. The van der Waals surface area contributed by atoms with Crippen molar-refractivity contribution in [1.82, 2.24) is 9.88 Å². The Morgan fingerprint density at radius 1 is 1.24 bits per heavy atom. The second kappa shape index (κ2) is 5.36. The van der Waals surface area contributed by atoms with Crippen molar-refractivity contribution in [2.24, 2.45) is 5.92 Å². The summed E-state index contributed by atoms with van der Waals surface area (Å²) < 4.78 is 40.3. The molecule has 3 rings (SSSR count). The Labute approximate surface area is 121 Å². The smallest absolute Gasteiger partial charge is 0.404 e. The number of hydrogen-bond acceptors (Lipinski definition) is 4. The second-order valence-electron chi connectivity index (χ2n) is 5.76. The third-order valence-electron chi connectivity index (χ3n) is 4.29. The van der Waals surface area contributed by atoms with Gasteiger partial charge in [-0.3, -0.25) is 0 Å². The molecule has 0 aromatic carbocycles. The highest BCUT2D eigenvalue weighted by molar-refractivity contribution is 5.43. The lowest BCUT2D eigenvalue weighted by Gasteiger charge is -2.36. The first-order chi connectivity index (χ1) is 9.92. The number of pyridine rings is 1. The van der Waals surface area contributed by atoms with Gasteiger partial charge >= 0.3 is 6.36 Å². The van der Waals surface area contributed by atoms with Crippen LogP contribution < -0.4 is 9.64 Å². The van der Waals surface area contributed by atoms with Crippen molar-refractivity contribution in [1.29, 1.82) is 0 Å². The predicted molar refractivity (Wildman–Crippen MR) is 72.3 cm³/mol. The van der Waals surface area contributed by atoms with Gasteiger partial charge in [0.25, 0.3) is 0 Å². The molecule has 0 bridgehead atoms. The summed E-state index contributed by atoms with van der Waals surface area (Å²) in [4.78, 5) is 8.69. The van der Waals surface area contributed by atoms with Gasteiger partial charge in [-0.15, -0.1) is 13.2 Å². The molecular weight excluding hydrogens is 283 g/mol. The van der Waals surface area contributed by atoms with Crippen LogP contribution in [0.4, 0.5) is 19.0 Å². The number of fused-ring (bicyclic) bond motifs is 1. The Bertz CT molecular complexity index is 491. The van der Waals surface area contributed by atoms with E-state index >= 15 is 0 Å². The van der Waals surface area contributed by atoms with Crippen LogP contribution in [0.2, 0.25) is 0 Å². The van der Waals surface area contributed by atoms with Gasteiger partial charge in [-0.2, -0.15) is 0 Å². The van der Waals surface area contributed by atoms with E-state index in [-0.39, 0.29) is 5.75 Å². The third kappa shape index (κ3) is 3.23. The summed E-state index contributed by atoms with van der Waals surface area (Å²) in [7, 11) is 2.13. The summed E-state index contributed by atoms with van der Waals surface area (Å²) >= 11 is 0. The van der Waals surface area contributed by atoms with Gasteiger partial charge < -0.3 is 14.5 Å². The van der Waals surface area contributed by atoms with Crippen LogP contribution in [0.1, 0.15) is 12.8 Å². The van der Waals surface area contributed by atoms with Gasteiger partial charge in [-0.05, 0) is 44.5 Å². The molecule has 0 amide bonds. The highest BCUT2D eigenvalue weighted by Crippen LogP contribution is 2.34. The van der Waals surface area contributed by atoms with E-state index < -0.39 is 6.36 Å². The van der Waals surface area contributed by atoms with E-state index in [4.69, 9.17) is 0 Å². The highest BCUT2D eigenvalue weighted by atomic mass is 19.4. The van der Waals surface area contributed by atoms with Crippen LogP contribution in [0.15, 0.2) is 18.3 Å². The van der Waals surface area contributed by atoms with Crippen LogP contribution in [-0.2, 0) is 0 Å². The van der Waals surface area contributed by atoms with Crippen LogP contribution in [0, 0.1) is 5.92 Å². The molecule has 0 N–H and O–H groups in total. The monoisotopic (exact) mass is 301 g/mol. The molecule has 21 heavy (non-hydrogen) atoms. The van der Waals surface area contributed by atoms with Crippen molar-refractivity contribution in [3.05, 3.63) is 18.3 Å². The first-order valence-corrected chi connectivity index (χ1v) is 7.09. The summed E-state index contributed by atoms with van der Waals surface area (Å²) in [6.45, 7) is 3.04. The summed E-state index contributed by atoms with van der Waals surface area (Å²) in [5.74, 6) is 1.09. The van der Waals surface area contributed by atoms with E-state index in [1.165, 1.54) is 6.07 Å². The number of alkyl halides is 3. The number of rotatable bonds is 2. The van der Waals surface area contributed by atoms with Crippen molar-refractivity contribution in [3.63, 3.8) is 0 Å². The maximum absolute atomic E-state index is 12.1. The zero-order valence-electron chi connectivity index (χ0n) is 11.8. The van der Waals surface area contributed by atoms with Crippen molar-refractivity contribution >= 4 is 5.82 Å². The van der Waals surface area contributed by atoms with Crippen LogP contribution in [0.3, 0.4) is 0 Å². The molecule has 3 heterocycles. The van der Waals surface area contributed by atoms with Gasteiger partial charge in [-0.25, -0.2) is 4.98 Å². The molecule has 2 aliphatic heterocycles. The number of anilines is 1. The Morgan fingerprint density at radius 3 is 2.71 bits per heavy atom. The van der Waals surface area contributed by atoms with E-state index in [1.807, 2.05) is 0 Å². The van der Waals surface area contributed by atoms with E-state index in [1.54, 1.807) is 6.07 Å². The Balaban J connectivity index is 1.70. The van der Waals surface area contributed by atoms with Crippen LogP contribution in [0.5, 0.6) is 5.75 Å². The van der Waals surface area contributed by atoms with Gasteiger partial charge in [0.15, 0.2) is 0 Å². The summed E-state index contributed by atoms with van der Waals surface area (Å²) in [5.41, 5.74) is 0. The molecule has 0 spiro atoms. The molecule has 4 nitrogen and oxygen atoms in total. The number of piperidine rings is 1. The van der Waals surface area contributed by atoms with Crippen molar-refractivity contribution in [3.8, 4) is 5.75 Å². The van der Waals surface area contributed by atoms with Crippen molar-refractivity contribution in [2.45, 2.75) is 25.2 Å². The van der Waals surface area contributed by atoms with E-state index in [2.05, 4.69) is 26.6 Å². The fourth-order valence-electron chi connectivity index (χ4n) is 3.39. The summed E-state index contributed by atoms with van der Waals surface area (Å²) in [6, 6.07) is 3.39. The first-order valence-electron chi connectivity index (χ1n) is 7.09. The lowest BCUT2D eigenvalue weighted by Crippen LogP contribution is -2.44. The topological polar surface area (TPSA) is 28.6 Å². The molecule has 2 fully saturated rings. The number of aromatic nitrogens is 1. The number of halogens is 3. The molecule has 1 aromatic heterocycles. The largest absolute Gasteiger partial charge is 0.573 e. The van der Waals surface area contributed by atoms with Crippen LogP contribution in [0.25, 0.3) is 0 Å². The zero-order valence-corrected chi connectivity index (χ0v) is 11.8. The molecular formula is C14H18F3N3O. The van der Waals surface area contributed by atoms with E-state index in [9.17, 15) is 13.2 Å². The Hall–Kier alpha value is -1.50. The van der Waals surface area contributed by atoms with E-state index in [0.717, 1.165) is 44.5 Å². The molecule has 0 saturated carbocycles. The van der Waals surface area contributed by atoms with E-state index in [0.29, 0.717) is 12.0 Å². The average Bonchev–Trinajstić information content (AvgIpc) is 2.80. The maximum Gasteiger partial charge on any atom is 0.573 e. The van der Waals surface area contributed by atoms with Gasteiger partial charge in [-0.1, -0.05) is 0 Å². The second-order valence-corrected chi connectivity index (χ2v) is 5.76. The van der Waals surface area contributed by atoms with Crippen LogP contribution in [-0.4, -0.2) is 49.0 Å². The molecule has 2 saturated heterocycles. The lowest BCUT2D eigenvalue weighted by atomic mass is 9.93. The molecule has 116 valence electrons. The Morgan fingerprint density at radius 2 is 2.05 bits per heavy atom. The third-order valence-corrected chi connectivity index (χ3v) is 4.29. The number of nitrogens with zero attached hydrogens (tertiary/aromatic N) is 3. The molecule has 2 atom stereocenters. The average molecular weight is 301 g/mol. The summed E-state index contributed by atoms with van der Waals surface area (Å²) in [6.07, 6.45) is -1.35. The number of likely N-dealkylation sites (tertiary alicyclic amines) is 1. The standard InChI is InChI=1S/C14H18F3N3O/c1-19-6-5-12-10(9-19)4-7-20(12)13-3-2-11(8-18-13)21-14(15,16)17/h2-3,8,10,12H,4-7,9H2,1H3/t10-,12+/m0/s1. The van der Waals surface area contributed by atoms with Crippen molar-refractivity contribution in [2.75, 3.05) is 31.6 Å². The maximum atomic E-state index is 12.1. The zero-order chi connectivity index (χ0) is 15.0. The molecule has 1 aromatic rings. The highest BCUT2D eigenvalue weighted by Gasteiger charge is 2.38. The lowest BCUT2D eigenvalue weighted by molar-refractivity contribution is -0.274. The van der Waals surface area contributed by atoms with Gasteiger partial charge in [0.05, 0.1) is 6.20 Å². The van der Waals surface area contributed by atoms with Gasteiger partial charge in [0.2, 0.25) is 0 Å². The SMILES string of the molecule is CN1CC[C@@H]2[C@@H](CCN2c2ccc(OC(F)(F)F)cn2)C1. The minimum absolute atomic E-state index is 0.273. The summed E-state index contributed by atoms with van der Waals surface area (Å²) in [5, 5.41) is 0. The van der Waals surface area contributed by atoms with Gasteiger partial charge in [0.1, 0.15) is 11.6 Å². The minimum atomic E-state index is -4.67. The van der Waals surface area contributed by atoms with Crippen LogP contribution >= 0.6 is 0 Å². The molecule has 0 unspecified atom stereocenters. The molecule has 2 aliphatic rings. The minimum Gasteiger partial charge on any atom is -0.404 e. The fraction of sp³-hybridized carbons (Fsp3) is 0.643.